The van der Waals surface area contributed by atoms with Gasteiger partial charge in [-0.25, -0.2) is 8.42 Å². The second-order valence-electron chi connectivity index (χ2n) is 8.00. The molecular weight excluding hydrogens is 380 g/mol. The first-order chi connectivity index (χ1) is 13.8. The molecule has 1 N–H and O–H groups in total. The van der Waals surface area contributed by atoms with Crippen LogP contribution in [0.25, 0.3) is 11.6 Å². The lowest BCUT2D eigenvalue weighted by atomic mass is 9.97. The number of benzene rings is 2. The van der Waals surface area contributed by atoms with Crippen molar-refractivity contribution < 1.29 is 8.42 Å². The van der Waals surface area contributed by atoms with Gasteiger partial charge in [0.2, 0.25) is 0 Å². The summed E-state index contributed by atoms with van der Waals surface area (Å²) < 4.78 is 25.0. The summed E-state index contributed by atoms with van der Waals surface area (Å²) in [4.78, 5) is 2.72. The summed E-state index contributed by atoms with van der Waals surface area (Å²) in [6.45, 7) is 2.26. The Kier molecular flexibility index (Phi) is 5.28. The van der Waals surface area contributed by atoms with E-state index in [-0.39, 0.29) is 4.90 Å². The number of hydrogen-bond donors (Lipinski definition) is 1. The highest BCUT2D eigenvalue weighted by Gasteiger charge is 2.30. The summed E-state index contributed by atoms with van der Waals surface area (Å²) in [6, 6.07) is 15.4. The summed E-state index contributed by atoms with van der Waals surface area (Å²) >= 11 is 0. The topological polar surface area (TPSA) is 61.2 Å². The molecule has 150 valence electrons. The predicted octanol–water partition coefficient (Wildman–Crippen LogP) is 4.77. The average Bonchev–Trinajstić information content (AvgIpc) is 3.21. The van der Waals surface area contributed by atoms with Crippen LogP contribution in [0.4, 0.5) is 0 Å². The van der Waals surface area contributed by atoms with Gasteiger partial charge in [-0.15, -0.1) is 0 Å². The standard InChI is InChI=1S/C24H26N2O2S/c1-17-8-10-20(26(17)2)15-19-16-24(25)22-11-9-18(14-23(19)22)12-13-29(27,28)21-6-4-3-5-7-21/h3-7,9,11-14,16-17,20,25H,8,10,15H2,1-2H3/b13-12+,25-24?/t17-,20?/m1/s1. The van der Waals surface area contributed by atoms with Crippen LogP contribution in [0, 0.1) is 5.41 Å². The molecule has 2 aromatic rings. The van der Waals surface area contributed by atoms with Gasteiger partial charge in [0, 0.05) is 23.1 Å². The van der Waals surface area contributed by atoms with Crippen LogP contribution >= 0.6 is 0 Å². The molecule has 0 saturated carbocycles. The smallest absolute Gasteiger partial charge is 0.199 e. The first kappa shape index (κ1) is 19.8. The van der Waals surface area contributed by atoms with E-state index in [9.17, 15) is 8.42 Å². The highest BCUT2D eigenvalue weighted by Crippen LogP contribution is 2.36. The van der Waals surface area contributed by atoms with E-state index in [1.54, 1.807) is 36.4 Å². The van der Waals surface area contributed by atoms with E-state index in [0.717, 1.165) is 23.1 Å². The van der Waals surface area contributed by atoms with E-state index in [1.165, 1.54) is 23.8 Å². The maximum absolute atomic E-state index is 12.5. The Morgan fingerprint density at radius 1 is 1.10 bits per heavy atom. The highest BCUT2D eigenvalue weighted by atomic mass is 32.2. The molecule has 1 aliphatic heterocycles. The van der Waals surface area contributed by atoms with Gasteiger partial charge in [-0.1, -0.05) is 30.3 Å². The maximum atomic E-state index is 12.5. The summed E-state index contributed by atoms with van der Waals surface area (Å²) in [5.74, 6) is 0. The van der Waals surface area contributed by atoms with Gasteiger partial charge >= 0.3 is 0 Å². The fourth-order valence-corrected chi connectivity index (χ4v) is 5.25. The lowest BCUT2D eigenvalue weighted by Crippen LogP contribution is -2.30. The monoisotopic (exact) mass is 406 g/mol. The second-order valence-corrected chi connectivity index (χ2v) is 9.83. The molecule has 1 unspecified atom stereocenters. The molecular formula is C24H26N2O2S. The Morgan fingerprint density at radius 2 is 1.86 bits per heavy atom. The van der Waals surface area contributed by atoms with Crippen LogP contribution < -0.4 is 0 Å². The lowest BCUT2D eigenvalue weighted by molar-refractivity contribution is 0.256. The fraction of sp³-hybridized carbons (Fsp3) is 0.292. The molecule has 5 heteroatoms. The van der Waals surface area contributed by atoms with Gasteiger partial charge in [0.15, 0.2) is 9.84 Å². The van der Waals surface area contributed by atoms with Crippen LogP contribution in [-0.2, 0) is 9.84 Å². The van der Waals surface area contributed by atoms with Crippen LogP contribution in [0.3, 0.4) is 0 Å². The van der Waals surface area contributed by atoms with E-state index in [4.69, 9.17) is 5.41 Å². The van der Waals surface area contributed by atoms with Crippen molar-refractivity contribution in [3.05, 3.63) is 76.7 Å². The Labute approximate surface area is 173 Å². The Bertz CT molecular complexity index is 1100. The number of fused-ring (bicyclic) bond motifs is 1. The van der Waals surface area contributed by atoms with Crippen LogP contribution in [0.1, 0.15) is 42.9 Å². The van der Waals surface area contributed by atoms with Crippen molar-refractivity contribution in [2.24, 2.45) is 0 Å². The zero-order valence-electron chi connectivity index (χ0n) is 16.8. The van der Waals surface area contributed by atoms with Crippen molar-refractivity contribution in [2.45, 2.75) is 43.2 Å². The van der Waals surface area contributed by atoms with E-state index in [1.807, 2.05) is 24.3 Å². The molecule has 0 bridgehead atoms. The zero-order valence-corrected chi connectivity index (χ0v) is 17.6. The van der Waals surface area contributed by atoms with Gasteiger partial charge in [-0.05, 0) is 80.3 Å². The number of nitrogens with zero attached hydrogens (tertiary/aromatic N) is 1. The predicted molar refractivity (Wildman–Crippen MR) is 119 cm³/mol. The molecule has 2 atom stereocenters. The van der Waals surface area contributed by atoms with Gasteiger partial charge in [0.25, 0.3) is 0 Å². The van der Waals surface area contributed by atoms with E-state index >= 15 is 0 Å². The summed E-state index contributed by atoms with van der Waals surface area (Å²) in [5.41, 5.74) is 4.53. The molecule has 0 aromatic heterocycles. The molecule has 1 aliphatic carbocycles. The van der Waals surface area contributed by atoms with Gasteiger partial charge in [0.1, 0.15) is 0 Å². The molecule has 4 rings (SSSR count). The first-order valence-corrected chi connectivity index (χ1v) is 11.5. The average molecular weight is 407 g/mol. The van der Waals surface area contributed by atoms with Gasteiger partial charge in [-0.3, -0.25) is 0 Å². The maximum Gasteiger partial charge on any atom is 0.199 e. The van der Waals surface area contributed by atoms with Crippen LogP contribution in [0.5, 0.6) is 0 Å². The van der Waals surface area contributed by atoms with Crippen LogP contribution in [0.15, 0.2) is 64.9 Å². The largest absolute Gasteiger partial charge is 0.300 e. The van der Waals surface area contributed by atoms with Crippen molar-refractivity contribution >= 4 is 27.2 Å². The molecule has 1 fully saturated rings. The third kappa shape index (κ3) is 3.98. The van der Waals surface area contributed by atoms with Gasteiger partial charge in [0.05, 0.1) is 10.6 Å². The number of hydrogen-bond acceptors (Lipinski definition) is 4. The van der Waals surface area contributed by atoms with Crippen molar-refractivity contribution in [2.75, 3.05) is 7.05 Å². The Balaban J connectivity index is 1.58. The van der Waals surface area contributed by atoms with E-state index in [2.05, 4.69) is 18.9 Å². The molecule has 2 aliphatic rings. The van der Waals surface area contributed by atoms with Crippen molar-refractivity contribution in [1.82, 2.24) is 4.90 Å². The van der Waals surface area contributed by atoms with Gasteiger partial charge in [-0.2, -0.15) is 0 Å². The summed E-state index contributed by atoms with van der Waals surface area (Å²) in [7, 11) is -1.29. The molecule has 0 spiro atoms. The molecule has 1 saturated heterocycles. The van der Waals surface area contributed by atoms with Gasteiger partial charge < -0.3 is 10.3 Å². The van der Waals surface area contributed by atoms with Crippen LogP contribution in [0.2, 0.25) is 0 Å². The Morgan fingerprint density at radius 3 is 2.55 bits per heavy atom. The van der Waals surface area contributed by atoms with Crippen LogP contribution in [-0.4, -0.2) is 38.2 Å². The summed E-state index contributed by atoms with van der Waals surface area (Å²) in [5, 5.41) is 9.57. The summed E-state index contributed by atoms with van der Waals surface area (Å²) in [6.07, 6.45) is 6.92. The molecule has 1 heterocycles. The van der Waals surface area contributed by atoms with Crippen molar-refractivity contribution in [3.8, 4) is 0 Å². The van der Waals surface area contributed by atoms with E-state index in [0.29, 0.717) is 17.8 Å². The number of likely N-dealkylation sites (tertiary alicyclic amines) is 1. The number of sulfone groups is 1. The Hall–Kier alpha value is -2.50. The fourth-order valence-electron chi connectivity index (χ4n) is 4.22. The second kappa shape index (κ2) is 7.73. The number of nitrogens with one attached hydrogen (secondary N) is 1. The molecule has 0 radical (unpaired) electrons. The molecule has 29 heavy (non-hydrogen) atoms. The minimum atomic E-state index is -3.47. The normalized spacial score (nSPS) is 22.3. The zero-order chi connectivity index (χ0) is 20.6. The third-order valence-electron chi connectivity index (χ3n) is 6.15. The minimum Gasteiger partial charge on any atom is -0.300 e. The van der Waals surface area contributed by atoms with Crippen molar-refractivity contribution in [3.63, 3.8) is 0 Å². The molecule has 4 nitrogen and oxygen atoms in total. The number of rotatable bonds is 5. The third-order valence-corrected chi connectivity index (χ3v) is 7.58. The SMILES string of the molecule is C[C@@H]1CCC(CC2=CC(=N)c3ccc(/C=C/S(=O)(=O)c4ccccc4)cc32)N1C. The molecule has 2 aromatic carbocycles. The van der Waals surface area contributed by atoms with E-state index < -0.39 is 9.84 Å². The first-order valence-electron chi connectivity index (χ1n) is 9.99. The minimum absolute atomic E-state index is 0.290. The quantitative estimate of drug-likeness (QED) is 0.778. The number of allylic oxidation sites excluding steroid dienone is 1. The lowest BCUT2D eigenvalue weighted by Gasteiger charge is -2.24. The van der Waals surface area contributed by atoms with Crippen molar-refractivity contribution in [1.29, 1.82) is 5.41 Å². The molecule has 0 amide bonds. The highest BCUT2D eigenvalue weighted by molar-refractivity contribution is 7.94.